The van der Waals surface area contributed by atoms with Gasteiger partial charge in [0.2, 0.25) is 0 Å². The second-order valence-corrected chi connectivity index (χ2v) is 4.48. The van der Waals surface area contributed by atoms with Gasteiger partial charge in [0.15, 0.2) is 0 Å². The molecule has 0 aliphatic rings. The topological polar surface area (TPSA) is 45.4 Å². The lowest BCUT2D eigenvalue weighted by molar-refractivity contribution is -0.137. The molecule has 2 N–H and O–H groups in total. The average Bonchev–Trinajstić information content (AvgIpc) is 2.84. The summed E-state index contributed by atoms with van der Waals surface area (Å²) in [5.74, 6) is 0.909. The minimum Gasteiger partial charge on any atom is -0.462 e. The van der Waals surface area contributed by atoms with E-state index in [1.807, 2.05) is 0 Å². The smallest absolute Gasteiger partial charge is 0.417 e. The van der Waals surface area contributed by atoms with E-state index in [0.717, 1.165) is 6.07 Å². The van der Waals surface area contributed by atoms with Crippen molar-refractivity contribution in [2.75, 3.05) is 5.32 Å². The molecule has 20 heavy (non-hydrogen) atoms. The fourth-order valence-electron chi connectivity index (χ4n) is 1.64. The number of anilines is 1. The summed E-state index contributed by atoms with van der Waals surface area (Å²) in [5, 5.41) is 11.3. The maximum Gasteiger partial charge on any atom is 0.417 e. The Labute approximate surface area is 118 Å². The Bertz CT molecular complexity index is 596. The van der Waals surface area contributed by atoms with E-state index in [1.54, 1.807) is 12.1 Å². The van der Waals surface area contributed by atoms with E-state index < -0.39 is 11.7 Å². The van der Waals surface area contributed by atoms with Crippen molar-refractivity contribution in [1.29, 1.82) is 0 Å². The Morgan fingerprint density at radius 1 is 1.15 bits per heavy atom. The summed E-state index contributed by atoms with van der Waals surface area (Å²) in [7, 11) is 0. The van der Waals surface area contributed by atoms with Gasteiger partial charge in [-0.05, 0) is 30.3 Å². The van der Waals surface area contributed by atoms with E-state index in [-0.39, 0.29) is 23.9 Å². The highest BCUT2D eigenvalue weighted by Gasteiger charge is 2.33. The maximum absolute atomic E-state index is 12.7. The van der Waals surface area contributed by atoms with Crippen LogP contribution in [-0.4, -0.2) is 5.11 Å². The molecule has 1 aromatic heterocycles. The minimum atomic E-state index is -4.50. The summed E-state index contributed by atoms with van der Waals surface area (Å²) in [6.07, 6.45) is -4.50. The van der Waals surface area contributed by atoms with Gasteiger partial charge in [-0.1, -0.05) is 11.6 Å². The molecule has 0 amide bonds. The zero-order chi connectivity index (χ0) is 14.8. The number of halogens is 4. The number of furan rings is 1. The third-order valence-corrected chi connectivity index (χ3v) is 2.94. The molecule has 1 aromatic carbocycles. The minimum absolute atomic E-state index is 0.207. The zero-order valence-corrected chi connectivity index (χ0v) is 10.9. The van der Waals surface area contributed by atoms with Crippen molar-refractivity contribution >= 4 is 17.3 Å². The van der Waals surface area contributed by atoms with Crippen LogP contribution in [0.25, 0.3) is 0 Å². The molecule has 0 radical (unpaired) electrons. The number of hydrogen-bond donors (Lipinski definition) is 2. The van der Waals surface area contributed by atoms with Gasteiger partial charge in [0.05, 0.1) is 17.1 Å². The van der Waals surface area contributed by atoms with Crippen molar-refractivity contribution in [3.8, 4) is 0 Å². The van der Waals surface area contributed by atoms with Gasteiger partial charge in [-0.2, -0.15) is 13.2 Å². The van der Waals surface area contributed by atoms with E-state index in [1.165, 1.54) is 12.1 Å². The fourth-order valence-corrected chi connectivity index (χ4v) is 1.87. The van der Waals surface area contributed by atoms with Crippen LogP contribution in [-0.2, 0) is 19.3 Å². The molecule has 0 unspecified atom stereocenters. The molecule has 0 fully saturated rings. The van der Waals surface area contributed by atoms with Crippen LogP contribution in [0.1, 0.15) is 17.1 Å². The average molecular weight is 306 g/mol. The van der Waals surface area contributed by atoms with Gasteiger partial charge >= 0.3 is 6.18 Å². The van der Waals surface area contributed by atoms with Crippen LogP contribution in [0.4, 0.5) is 18.9 Å². The lowest BCUT2D eigenvalue weighted by atomic mass is 10.2. The molecule has 3 nitrogen and oxygen atoms in total. The molecular formula is C13H11ClF3NO2. The Kier molecular flexibility index (Phi) is 4.25. The fraction of sp³-hybridized carbons (Fsp3) is 0.231. The molecule has 0 aliphatic carbocycles. The van der Waals surface area contributed by atoms with Crippen molar-refractivity contribution < 1.29 is 22.7 Å². The van der Waals surface area contributed by atoms with Crippen LogP contribution >= 0.6 is 11.6 Å². The molecule has 0 saturated heterocycles. The molecule has 1 heterocycles. The summed E-state index contributed by atoms with van der Waals surface area (Å²) < 4.78 is 43.3. The van der Waals surface area contributed by atoms with Crippen LogP contribution < -0.4 is 5.32 Å². The third-order valence-electron chi connectivity index (χ3n) is 2.61. The monoisotopic (exact) mass is 305 g/mol. The van der Waals surface area contributed by atoms with Crippen molar-refractivity contribution in [2.24, 2.45) is 0 Å². The molecule has 0 spiro atoms. The predicted molar refractivity (Wildman–Crippen MR) is 68.4 cm³/mol. The van der Waals surface area contributed by atoms with Crippen LogP contribution in [0.3, 0.4) is 0 Å². The summed E-state index contributed by atoms with van der Waals surface area (Å²) in [6.45, 7) is -0.0158. The number of hydrogen-bond acceptors (Lipinski definition) is 3. The highest BCUT2D eigenvalue weighted by Crippen LogP contribution is 2.36. The van der Waals surface area contributed by atoms with Crippen LogP contribution in [0.2, 0.25) is 5.02 Å². The Morgan fingerprint density at radius 2 is 1.85 bits per heavy atom. The van der Waals surface area contributed by atoms with Crippen molar-refractivity contribution in [2.45, 2.75) is 19.3 Å². The Hall–Kier alpha value is -1.66. The molecule has 7 heteroatoms. The molecule has 0 atom stereocenters. The van der Waals surface area contributed by atoms with Crippen LogP contribution in [0.15, 0.2) is 34.7 Å². The second-order valence-electron chi connectivity index (χ2n) is 4.07. The van der Waals surface area contributed by atoms with Crippen LogP contribution in [0.5, 0.6) is 0 Å². The van der Waals surface area contributed by atoms with Crippen molar-refractivity contribution in [1.82, 2.24) is 0 Å². The van der Waals surface area contributed by atoms with Gasteiger partial charge in [-0.25, -0.2) is 0 Å². The number of nitrogens with one attached hydrogen (secondary N) is 1. The SMILES string of the molecule is OCc1ccc(CNc2ccc(Cl)c(C(F)(F)F)c2)o1. The van der Waals surface area contributed by atoms with Gasteiger partial charge in [0.25, 0.3) is 0 Å². The predicted octanol–water partition coefficient (Wildman–Crippen LogP) is 4.06. The summed E-state index contributed by atoms with van der Waals surface area (Å²) in [5.41, 5.74) is -0.608. The highest BCUT2D eigenvalue weighted by molar-refractivity contribution is 6.31. The molecule has 2 aromatic rings. The van der Waals surface area contributed by atoms with E-state index in [4.69, 9.17) is 21.1 Å². The van der Waals surface area contributed by atoms with Gasteiger partial charge in [-0.15, -0.1) is 0 Å². The number of benzene rings is 1. The van der Waals surface area contributed by atoms with E-state index >= 15 is 0 Å². The molecule has 0 saturated carbocycles. The van der Waals surface area contributed by atoms with Crippen molar-refractivity contribution in [3.05, 3.63) is 52.4 Å². The first-order chi connectivity index (χ1) is 9.40. The maximum atomic E-state index is 12.7. The molecule has 0 aliphatic heterocycles. The highest BCUT2D eigenvalue weighted by atomic mass is 35.5. The molecule has 108 valence electrons. The van der Waals surface area contributed by atoms with Gasteiger partial charge in [0, 0.05) is 5.69 Å². The number of aliphatic hydroxyl groups is 1. The second kappa shape index (κ2) is 5.76. The van der Waals surface area contributed by atoms with E-state index in [2.05, 4.69) is 5.32 Å². The quantitative estimate of drug-likeness (QED) is 0.895. The standard InChI is InChI=1S/C13H11ClF3NO2/c14-12-4-1-8(5-11(12)13(15,16)17)18-6-9-2-3-10(7-19)20-9/h1-5,18-19H,6-7H2. The molecular weight excluding hydrogens is 295 g/mol. The summed E-state index contributed by atoms with van der Waals surface area (Å²) in [6, 6.07) is 6.82. The first-order valence-corrected chi connectivity index (χ1v) is 6.07. The van der Waals surface area contributed by atoms with Crippen LogP contribution in [0, 0.1) is 0 Å². The van der Waals surface area contributed by atoms with Gasteiger partial charge in [-0.3, -0.25) is 0 Å². The van der Waals surface area contributed by atoms with Gasteiger partial charge < -0.3 is 14.8 Å². The first-order valence-electron chi connectivity index (χ1n) is 5.69. The Balaban J connectivity index is 2.10. The van der Waals surface area contributed by atoms with Gasteiger partial charge in [0.1, 0.15) is 18.1 Å². The number of alkyl halides is 3. The first kappa shape index (κ1) is 14.7. The lowest BCUT2D eigenvalue weighted by Gasteiger charge is -2.11. The van der Waals surface area contributed by atoms with E-state index in [9.17, 15) is 13.2 Å². The third kappa shape index (κ3) is 3.46. The van der Waals surface area contributed by atoms with Crippen molar-refractivity contribution in [3.63, 3.8) is 0 Å². The summed E-state index contributed by atoms with van der Waals surface area (Å²) >= 11 is 5.53. The molecule has 0 bridgehead atoms. The largest absolute Gasteiger partial charge is 0.462 e. The van der Waals surface area contributed by atoms with E-state index in [0.29, 0.717) is 11.5 Å². The Morgan fingerprint density at radius 3 is 2.45 bits per heavy atom. The number of aliphatic hydroxyl groups excluding tert-OH is 1. The zero-order valence-electron chi connectivity index (χ0n) is 10.2. The normalized spacial score (nSPS) is 11.7. The summed E-state index contributed by atoms with van der Waals surface area (Å²) in [4.78, 5) is 0. The lowest BCUT2D eigenvalue weighted by Crippen LogP contribution is -2.07. The number of rotatable bonds is 4. The molecule has 2 rings (SSSR count).